The van der Waals surface area contributed by atoms with Crippen LogP contribution in [0.25, 0.3) is 0 Å². The Bertz CT molecular complexity index is 964. The Morgan fingerprint density at radius 2 is 1.96 bits per heavy atom. The van der Waals surface area contributed by atoms with Crippen LogP contribution in [0.4, 0.5) is 4.39 Å². The van der Waals surface area contributed by atoms with Gasteiger partial charge in [0.15, 0.2) is 0 Å². The van der Waals surface area contributed by atoms with Crippen LogP contribution < -0.4 is 5.32 Å². The quantitative estimate of drug-likeness (QED) is 0.728. The van der Waals surface area contributed by atoms with E-state index in [0.29, 0.717) is 30.5 Å². The second kappa shape index (κ2) is 8.71. The molecule has 28 heavy (non-hydrogen) atoms. The highest BCUT2D eigenvalue weighted by atomic mass is 79.9. The van der Waals surface area contributed by atoms with E-state index in [0.717, 1.165) is 4.47 Å². The van der Waals surface area contributed by atoms with E-state index in [9.17, 15) is 17.6 Å². The Hall–Kier alpha value is -1.77. The summed E-state index contributed by atoms with van der Waals surface area (Å²) in [4.78, 5) is 12.8. The molecule has 1 fully saturated rings. The lowest BCUT2D eigenvalue weighted by Gasteiger charge is -2.31. The fraction of sp³-hybridized carbons (Fsp3) is 0.350. The summed E-state index contributed by atoms with van der Waals surface area (Å²) in [6.45, 7) is 2.43. The predicted octanol–water partition coefficient (Wildman–Crippen LogP) is 3.61. The molecule has 1 aliphatic heterocycles. The minimum atomic E-state index is -3.64. The van der Waals surface area contributed by atoms with Gasteiger partial charge in [-0.05, 0) is 61.2 Å². The van der Waals surface area contributed by atoms with Crippen LogP contribution in [0, 0.1) is 18.7 Å². The van der Waals surface area contributed by atoms with Crippen LogP contribution in [0.2, 0.25) is 0 Å². The number of halogens is 2. The predicted molar refractivity (Wildman–Crippen MR) is 109 cm³/mol. The molecule has 0 spiro atoms. The number of benzene rings is 2. The third-order valence-corrected chi connectivity index (χ3v) is 7.32. The Kier molecular flexibility index (Phi) is 6.52. The van der Waals surface area contributed by atoms with Gasteiger partial charge in [0.2, 0.25) is 15.9 Å². The number of nitrogens with one attached hydrogen (secondary N) is 1. The van der Waals surface area contributed by atoms with Crippen LogP contribution in [0.1, 0.15) is 24.0 Å². The number of aryl methyl sites for hydroxylation is 1. The molecule has 1 unspecified atom stereocenters. The molecule has 0 aliphatic carbocycles. The topological polar surface area (TPSA) is 66.5 Å². The average Bonchev–Trinajstić information content (AvgIpc) is 2.69. The second-order valence-electron chi connectivity index (χ2n) is 6.96. The van der Waals surface area contributed by atoms with Gasteiger partial charge in [0, 0.05) is 24.1 Å². The molecule has 5 nitrogen and oxygen atoms in total. The fourth-order valence-corrected chi connectivity index (χ4v) is 5.00. The number of nitrogens with zero attached hydrogens (tertiary/aromatic N) is 1. The van der Waals surface area contributed by atoms with E-state index < -0.39 is 15.9 Å². The summed E-state index contributed by atoms with van der Waals surface area (Å²) in [6.07, 6.45) is 1.24. The summed E-state index contributed by atoms with van der Waals surface area (Å²) < 4.78 is 41.5. The maximum Gasteiger partial charge on any atom is 0.243 e. The number of rotatable bonds is 5. The van der Waals surface area contributed by atoms with Crippen LogP contribution in [-0.4, -0.2) is 31.7 Å². The van der Waals surface area contributed by atoms with Gasteiger partial charge >= 0.3 is 0 Å². The highest BCUT2D eigenvalue weighted by molar-refractivity contribution is 9.10. The Labute approximate surface area is 173 Å². The van der Waals surface area contributed by atoms with Gasteiger partial charge in [0.1, 0.15) is 5.82 Å². The largest absolute Gasteiger partial charge is 0.352 e. The molecule has 150 valence electrons. The van der Waals surface area contributed by atoms with Gasteiger partial charge in [-0.25, -0.2) is 12.8 Å². The van der Waals surface area contributed by atoms with E-state index in [4.69, 9.17) is 0 Å². The van der Waals surface area contributed by atoms with Crippen molar-refractivity contribution in [3.63, 3.8) is 0 Å². The van der Waals surface area contributed by atoms with Gasteiger partial charge < -0.3 is 5.32 Å². The van der Waals surface area contributed by atoms with Crippen LogP contribution in [0.15, 0.2) is 51.8 Å². The van der Waals surface area contributed by atoms with Gasteiger partial charge in [0.05, 0.1) is 10.8 Å². The maximum absolute atomic E-state index is 13.6. The molecule has 1 amide bonds. The Balaban J connectivity index is 1.64. The van der Waals surface area contributed by atoms with Crippen LogP contribution in [0.3, 0.4) is 0 Å². The van der Waals surface area contributed by atoms with Crippen LogP contribution in [0.5, 0.6) is 0 Å². The number of carbonyl (C=O) groups is 1. The monoisotopic (exact) mass is 468 g/mol. The third-order valence-electron chi connectivity index (χ3n) is 4.91. The number of sulfonamides is 1. The van der Waals surface area contributed by atoms with Crippen molar-refractivity contribution in [1.29, 1.82) is 0 Å². The molecule has 1 heterocycles. The smallest absolute Gasteiger partial charge is 0.243 e. The molecule has 1 saturated heterocycles. The number of hydrogen-bond acceptors (Lipinski definition) is 3. The van der Waals surface area contributed by atoms with Crippen LogP contribution in [-0.2, 0) is 21.4 Å². The van der Waals surface area contributed by atoms with Crippen molar-refractivity contribution < 1.29 is 17.6 Å². The van der Waals surface area contributed by atoms with Gasteiger partial charge in [-0.1, -0.05) is 28.1 Å². The van der Waals surface area contributed by atoms with Crippen molar-refractivity contribution in [2.45, 2.75) is 31.2 Å². The fourth-order valence-electron chi connectivity index (χ4n) is 3.21. The lowest BCUT2D eigenvalue weighted by molar-refractivity contribution is -0.126. The molecular formula is C20H22BrFN2O3S. The van der Waals surface area contributed by atoms with E-state index in [1.54, 1.807) is 43.3 Å². The number of carbonyl (C=O) groups excluding carboxylic acids is 1. The van der Waals surface area contributed by atoms with Crippen molar-refractivity contribution in [1.82, 2.24) is 9.62 Å². The van der Waals surface area contributed by atoms with Gasteiger partial charge in [-0.2, -0.15) is 4.31 Å². The molecule has 1 atom stereocenters. The third kappa shape index (κ3) is 4.79. The average molecular weight is 469 g/mol. The molecule has 1 aliphatic rings. The first kappa shape index (κ1) is 21.0. The van der Waals surface area contributed by atoms with E-state index in [1.165, 1.54) is 10.4 Å². The molecular weight excluding hydrogens is 447 g/mol. The van der Waals surface area contributed by atoms with E-state index >= 15 is 0 Å². The maximum atomic E-state index is 13.6. The first-order valence-corrected chi connectivity index (χ1v) is 11.3. The molecule has 0 bridgehead atoms. The SMILES string of the molecule is Cc1ccc(CNC(=O)C2CCCN(S(=O)(=O)c3ccc(Br)cc3)C2)cc1F. The molecule has 8 heteroatoms. The van der Waals surface area contributed by atoms with E-state index in [2.05, 4.69) is 21.2 Å². The summed E-state index contributed by atoms with van der Waals surface area (Å²) in [7, 11) is -3.64. The van der Waals surface area contributed by atoms with Crippen molar-refractivity contribution in [3.8, 4) is 0 Å². The van der Waals surface area contributed by atoms with Crippen molar-refractivity contribution in [2.75, 3.05) is 13.1 Å². The van der Waals surface area contributed by atoms with Gasteiger partial charge in [-0.15, -0.1) is 0 Å². The summed E-state index contributed by atoms with van der Waals surface area (Å²) >= 11 is 3.30. The highest BCUT2D eigenvalue weighted by Gasteiger charge is 2.33. The summed E-state index contributed by atoms with van der Waals surface area (Å²) in [5.41, 5.74) is 1.22. The van der Waals surface area contributed by atoms with E-state index in [1.807, 2.05) is 0 Å². The zero-order chi connectivity index (χ0) is 20.3. The molecule has 1 N–H and O–H groups in total. The van der Waals surface area contributed by atoms with Crippen molar-refractivity contribution >= 4 is 31.9 Å². The molecule has 0 aromatic heterocycles. The molecule has 0 saturated carbocycles. The number of amides is 1. The van der Waals surface area contributed by atoms with Gasteiger partial charge in [-0.3, -0.25) is 4.79 Å². The summed E-state index contributed by atoms with van der Waals surface area (Å²) in [5, 5.41) is 2.80. The first-order chi connectivity index (χ1) is 13.3. The van der Waals surface area contributed by atoms with Crippen molar-refractivity contribution in [2.24, 2.45) is 5.92 Å². The number of piperidine rings is 1. The lowest BCUT2D eigenvalue weighted by Crippen LogP contribution is -2.45. The zero-order valence-corrected chi connectivity index (χ0v) is 17.9. The highest BCUT2D eigenvalue weighted by Crippen LogP contribution is 2.25. The molecule has 2 aromatic carbocycles. The minimum absolute atomic E-state index is 0.145. The van der Waals surface area contributed by atoms with E-state index in [-0.39, 0.29) is 29.7 Å². The van der Waals surface area contributed by atoms with Crippen molar-refractivity contribution in [3.05, 3.63) is 63.9 Å². The Morgan fingerprint density at radius 3 is 2.64 bits per heavy atom. The minimum Gasteiger partial charge on any atom is -0.352 e. The summed E-state index contributed by atoms with van der Waals surface area (Å²) in [5.74, 6) is -0.942. The molecule has 3 rings (SSSR count). The normalized spacial score (nSPS) is 18.0. The molecule has 0 radical (unpaired) electrons. The first-order valence-electron chi connectivity index (χ1n) is 9.06. The zero-order valence-electron chi connectivity index (χ0n) is 15.5. The number of hydrogen-bond donors (Lipinski definition) is 1. The van der Waals surface area contributed by atoms with Crippen LogP contribution >= 0.6 is 15.9 Å². The molecule has 2 aromatic rings. The van der Waals surface area contributed by atoms with Gasteiger partial charge in [0.25, 0.3) is 0 Å². The lowest BCUT2D eigenvalue weighted by atomic mass is 9.98. The summed E-state index contributed by atoms with van der Waals surface area (Å²) in [6, 6.07) is 11.3. The standard InChI is InChI=1S/C20H22BrFN2O3S/c1-14-4-5-15(11-19(14)22)12-23-20(25)16-3-2-10-24(13-16)28(26,27)18-8-6-17(21)7-9-18/h4-9,11,16H,2-3,10,12-13H2,1H3,(H,23,25). The Morgan fingerprint density at radius 1 is 1.25 bits per heavy atom. The second-order valence-corrected chi connectivity index (χ2v) is 9.81.